The number of phenols is 1. The van der Waals surface area contributed by atoms with E-state index < -0.39 is 11.4 Å². The number of carbonyl (C=O) groups is 1. The molecule has 0 aliphatic heterocycles. The molecule has 0 heterocycles. The number of nitrogens with two attached hydrogens (primary N) is 1. The molecule has 0 fully saturated rings. The number of halogens is 1. The number of rotatable bonds is 4. The normalized spacial score (nSPS) is 13.5. The lowest BCUT2D eigenvalue weighted by molar-refractivity contribution is -0.122. The molecule has 104 valence electrons. The van der Waals surface area contributed by atoms with Gasteiger partial charge in [0.1, 0.15) is 11.3 Å². The van der Waals surface area contributed by atoms with Crippen LogP contribution >= 0.6 is 11.6 Å². The molecule has 0 aliphatic carbocycles. The molecule has 2 aromatic carbocycles. The van der Waals surface area contributed by atoms with Crippen molar-refractivity contribution in [2.24, 2.45) is 5.73 Å². The average Bonchev–Trinajstić information content (AvgIpc) is 2.42. The largest absolute Gasteiger partial charge is 0.508 e. The van der Waals surface area contributed by atoms with Crippen LogP contribution in [0.2, 0.25) is 5.02 Å². The first kappa shape index (κ1) is 14.2. The van der Waals surface area contributed by atoms with Crippen molar-refractivity contribution in [1.82, 2.24) is 0 Å². The van der Waals surface area contributed by atoms with E-state index in [2.05, 4.69) is 5.32 Å². The molecular weight excluding hydrogens is 276 g/mol. The molecule has 0 radical (unpaired) electrons. The van der Waals surface area contributed by atoms with Crippen LogP contribution in [-0.2, 0) is 10.3 Å². The Morgan fingerprint density at radius 2 is 1.80 bits per heavy atom. The number of nitrogens with one attached hydrogen (secondary N) is 1. The van der Waals surface area contributed by atoms with Crippen LogP contribution in [-0.4, -0.2) is 11.0 Å². The lowest BCUT2D eigenvalue weighted by Crippen LogP contribution is -2.45. The molecule has 1 atom stereocenters. The van der Waals surface area contributed by atoms with Crippen molar-refractivity contribution in [2.45, 2.75) is 12.5 Å². The molecular formula is C15H15ClN2O2. The number of amides is 1. The quantitative estimate of drug-likeness (QED) is 0.810. The Morgan fingerprint density at radius 3 is 2.35 bits per heavy atom. The fourth-order valence-electron chi connectivity index (χ4n) is 1.90. The SMILES string of the molecule is CC(Nc1ccccc1Cl)(C(N)=O)c1ccc(O)cc1. The molecule has 2 aromatic rings. The van der Waals surface area contributed by atoms with Crippen LogP contribution in [0.4, 0.5) is 5.69 Å². The van der Waals surface area contributed by atoms with E-state index in [1.807, 2.05) is 6.07 Å². The van der Waals surface area contributed by atoms with Crippen molar-refractivity contribution in [1.29, 1.82) is 0 Å². The summed E-state index contributed by atoms with van der Waals surface area (Å²) in [5.41, 5.74) is 5.66. The van der Waals surface area contributed by atoms with E-state index in [0.29, 0.717) is 16.3 Å². The highest BCUT2D eigenvalue weighted by Crippen LogP contribution is 2.30. The minimum Gasteiger partial charge on any atom is -0.508 e. The summed E-state index contributed by atoms with van der Waals surface area (Å²) in [6.45, 7) is 1.67. The molecule has 0 saturated heterocycles. The summed E-state index contributed by atoms with van der Waals surface area (Å²) in [5.74, 6) is -0.415. The lowest BCUT2D eigenvalue weighted by atomic mass is 9.90. The fraction of sp³-hybridized carbons (Fsp3) is 0.133. The second-order valence-electron chi connectivity index (χ2n) is 4.64. The lowest BCUT2D eigenvalue weighted by Gasteiger charge is -2.29. The Labute approximate surface area is 122 Å². The number of anilines is 1. The number of phenolic OH excluding ortho intramolecular Hbond substituents is 1. The smallest absolute Gasteiger partial charge is 0.247 e. The zero-order chi connectivity index (χ0) is 14.8. The molecule has 0 saturated carbocycles. The highest BCUT2D eigenvalue weighted by molar-refractivity contribution is 6.33. The van der Waals surface area contributed by atoms with Crippen LogP contribution in [0.25, 0.3) is 0 Å². The number of aromatic hydroxyl groups is 1. The second kappa shape index (κ2) is 5.43. The number of primary amides is 1. The molecule has 4 nitrogen and oxygen atoms in total. The van der Waals surface area contributed by atoms with Crippen molar-refractivity contribution in [2.75, 3.05) is 5.32 Å². The number of hydrogen-bond acceptors (Lipinski definition) is 3. The Hall–Kier alpha value is -2.20. The van der Waals surface area contributed by atoms with Gasteiger partial charge in [0.2, 0.25) is 5.91 Å². The molecule has 0 aliphatic rings. The van der Waals surface area contributed by atoms with Crippen LogP contribution in [0.15, 0.2) is 48.5 Å². The van der Waals surface area contributed by atoms with Crippen molar-refractivity contribution in [3.8, 4) is 5.75 Å². The zero-order valence-corrected chi connectivity index (χ0v) is 11.7. The average molecular weight is 291 g/mol. The van der Waals surface area contributed by atoms with Crippen LogP contribution in [0.1, 0.15) is 12.5 Å². The molecule has 4 N–H and O–H groups in total. The predicted octanol–water partition coefficient (Wildman–Crippen LogP) is 2.86. The van der Waals surface area contributed by atoms with E-state index >= 15 is 0 Å². The first-order valence-electron chi connectivity index (χ1n) is 6.05. The summed E-state index contributed by atoms with van der Waals surface area (Å²) in [6.07, 6.45) is 0. The zero-order valence-electron chi connectivity index (χ0n) is 10.9. The van der Waals surface area contributed by atoms with Crippen molar-refractivity contribution >= 4 is 23.2 Å². The highest BCUT2D eigenvalue weighted by Gasteiger charge is 2.33. The van der Waals surface area contributed by atoms with Gasteiger partial charge in [0.15, 0.2) is 0 Å². The van der Waals surface area contributed by atoms with Gasteiger partial charge >= 0.3 is 0 Å². The van der Waals surface area contributed by atoms with Crippen LogP contribution < -0.4 is 11.1 Å². The highest BCUT2D eigenvalue weighted by atomic mass is 35.5. The van der Waals surface area contributed by atoms with E-state index in [1.54, 1.807) is 37.3 Å². The van der Waals surface area contributed by atoms with Gasteiger partial charge < -0.3 is 16.2 Å². The fourth-order valence-corrected chi connectivity index (χ4v) is 2.09. The minimum atomic E-state index is -1.13. The van der Waals surface area contributed by atoms with Gasteiger partial charge in [-0.3, -0.25) is 4.79 Å². The van der Waals surface area contributed by atoms with Crippen molar-refractivity contribution in [3.63, 3.8) is 0 Å². The van der Waals surface area contributed by atoms with Crippen LogP contribution in [0.3, 0.4) is 0 Å². The van der Waals surface area contributed by atoms with Gasteiger partial charge in [-0.2, -0.15) is 0 Å². The van der Waals surface area contributed by atoms with Gasteiger partial charge in [-0.25, -0.2) is 0 Å². The van der Waals surface area contributed by atoms with E-state index in [4.69, 9.17) is 17.3 Å². The maximum atomic E-state index is 11.9. The monoisotopic (exact) mass is 290 g/mol. The standard InChI is InChI=1S/C15H15ClN2O2/c1-15(14(17)20,10-6-8-11(19)9-7-10)18-13-5-3-2-4-12(13)16/h2-9,18-19H,1H3,(H2,17,20). The van der Waals surface area contributed by atoms with Gasteiger partial charge in [0, 0.05) is 0 Å². The second-order valence-corrected chi connectivity index (χ2v) is 5.05. The number of hydrogen-bond donors (Lipinski definition) is 3. The topological polar surface area (TPSA) is 75.3 Å². The van der Waals surface area contributed by atoms with E-state index in [0.717, 1.165) is 0 Å². The summed E-state index contributed by atoms with van der Waals surface area (Å²) in [7, 11) is 0. The summed E-state index contributed by atoms with van der Waals surface area (Å²) < 4.78 is 0. The molecule has 1 unspecified atom stereocenters. The summed E-state index contributed by atoms with van der Waals surface area (Å²) in [4.78, 5) is 11.9. The molecule has 1 amide bonds. The number of carbonyl (C=O) groups excluding carboxylic acids is 1. The van der Waals surface area contributed by atoms with Gasteiger partial charge in [-0.15, -0.1) is 0 Å². The molecule has 5 heteroatoms. The third-order valence-corrected chi connectivity index (χ3v) is 3.53. The Bertz CT molecular complexity index is 628. The minimum absolute atomic E-state index is 0.123. The van der Waals surface area contributed by atoms with Gasteiger partial charge in [0.05, 0.1) is 10.7 Å². The first-order chi connectivity index (χ1) is 9.43. The molecule has 0 spiro atoms. The maximum Gasteiger partial charge on any atom is 0.247 e. The Morgan fingerprint density at radius 1 is 1.20 bits per heavy atom. The first-order valence-corrected chi connectivity index (χ1v) is 6.43. The van der Waals surface area contributed by atoms with E-state index in [9.17, 15) is 9.90 Å². The van der Waals surface area contributed by atoms with Gasteiger partial charge in [-0.05, 0) is 36.8 Å². The summed E-state index contributed by atoms with van der Waals surface area (Å²) >= 11 is 6.09. The third-order valence-electron chi connectivity index (χ3n) is 3.20. The van der Waals surface area contributed by atoms with Gasteiger partial charge in [0.25, 0.3) is 0 Å². The molecule has 0 aromatic heterocycles. The van der Waals surface area contributed by atoms with Crippen LogP contribution in [0, 0.1) is 0 Å². The summed E-state index contributed by atoms with van der Waals surface area (Å²) in [6, 6.07) is 13.4. The van der Waals surface area contributed by atoms with Crippen molar-refractivity contribution < 1.29 is 9.90 Å². The molecule has 2 rings (SSSR count). The Kier molecular flexibility index (Phi) is 3.86. The predicted molar refractivity (Wildman–Crippen MR) is 79.7 cm³/mol. The number of para-hydroxylation sites is 1. The molecule has 0 bridgehead atoms. The third kappa shape index (κ3) is 2.70. The van der Waals surface area contributed by atoms with E-state index in [-0.39, 0.29) is 5.75 Å². The van der Waals surface area contributed by atoms with Crippen LogP contribution in [0.5, 0.6) is 5.75 Å². The maximum absolute atomic E-state index is 11.9. The van der Waals surface area contributed by atoms with Gasteiger partial charge in [-0.1, -0.05) is 35.9 Å². The number of benzene rings is 2. The van der Waals surface area contributed by atoms with E-state index in [1.165, 1.54) is 12.1 Å². The van der Waals surface area contributed by atoms with Crippen molar-refractivity contribution in [3.05, 3.63) is 59.1 Å². The molecule has 20 heavy (non-hydrogen) atoms. The Balaban J connectivity index is 2.43. The summed E-state index contributed by atoms with van der Waals surface area (Å²) in [5, 5.41) is 12.9.